The van der Waals surface area contributed by atoms with Crippen LogP contribution in [0.1, 0.15) is 22.3 Å². The molecule has 0 aliphatic heterocycles. The number of benzene rings is 3. The lowest BCUT2D eigenvalue weighted by Crippen LogP contribution is -2.02. The van der Waals surface area contributed by atoms with E-state index in [0.717, 1.165) is 27.6 Å². The Kier molecular flexibility index (Phi) is 3.69. The Morgan fingerprint density at radius 3 is 2.52 bits per heavy atom. The average molecular weight is 275 g/mol. The van der Waals surface area contributed by atoms with Gasteiger partial charge in [0.2, 0.25) is 0 Å². The zero-order chi connectivity index (χ0) is 14.7. The summed E-state index contributed by atoms with van der Waals surface area (Å²) < 4.78 is 0. The van der Waals surface area contributed by atoms with E-state index in [-0.39, 0.29) is 5.78 Å². The lowest BCUT2D eigenvalue weighted by Gasteiger charge is -2.06. The van der Waals surface area contributed by atoms with Crippen LogP contribution in [0.5, 0.6) is 0 Å². The molecular weight excluding hydrogens is 258 g/mol. The topological polar surface area (TPSA) is 43.1 Å². The van der Waals surface area contributed by atoms with Gasteiger partial charge in [0.05, 0.1) is 0 Å². The highest BCUT2D eigenvalue weighted by atomic mass is 16.1. The SMILES string of the molecule is Nc1cccc(CCC(=O)c2cccc3ccccc23)c1. The summed E-state index contributed by atoms with van der Waals surface area (Å²) in [6.45, 7) is 0. The smallest absolute Gasteiger partial charge is 0.163 e. The fraction of sp³-hybridized carbons (Fsp3) is 0.105. The second-order valence-electron chi connectivity index (χ2n) is 5.19. The molecule has 0 fully saturated rings. The van der Waals surface area contributed by atoms with Crippen molar-refractivity contribution in [3.8, 4) is 0 Å². The van der Waals surface area contributed by atoms with Crippen molar-refractivity contribution in [1.82, 2.24) is 0 Å². The number of ketones is 1. The van der Waals surface area contributed by atoms with Gasteiger partial charge in [0, 0.05) is 17.7 Å². The van der Waals surface area contributed by atoms with Crippen molar-refractivity contribution in [2.45, 2.75) is 12.8 Å². The number of carbonyl (C=O) groups excluding carboxylic acids is 1. The largest absolute Gasteiger partial charge is 0.399 e. The first-order chi connectivity index (χ1) is 10.2. The van der Waals surface area contributed by atoms with E-state index in [9.17, 15) is 4.79 Å². The number of nitrogen functional groups attached to an aromatic ring is 1. The summed E-state index contributed by atoms with van der Waals surface area (Å²) in [6, 6.07) is 21.6. The van der Waals surface area contributed by atoms with Gasteiger partial charge < -0.3 is 5.73 Å². The molecule has 0 atom stereocenters. The molecule has 0 heterocycles. The third-order valence-corrected chi connectivity index (χ3v) is 3.68. The van der Waals surface area contributed by atoms with Crippen LogP contribution < -0.4 is 5.73 Å². The maximum atomic E-state index is 12.5. The van der Waals surface area contributed by atoms with Crippen LogP contribution in [0.15, 0.2) is 66.7 Å². The molecular formula is C19H17NO. The van der Waals surface area contributed by atoms with E-state index in [1.165, 1.54) is 0 Å². The highest BCUT2D eigenvalue weighted by molar-refractivity contribution is 6.08. The highest BCUT2D eigenvalue weighted by Crippen LogP contribution is 2.20. The van der Waals surface area contributed by atoms with Crippen molar-refractivity contribution in [2.75, 3.05) is 5.73 Å². The van der Waals surface area contributed by atoms with Crippen molar-refractivity contribution in [3.63, 3.8) is 0 Å². The number of hydrogen-bond donors (Lipinski definition) is 1. The minimum Gasteiger partial charge on any atom is -0.399 e. The molecule has 2 heteroatoms. The first kappa shape index (κ1) is 13.4. The fourth-order valence-electron chi connectivity index (χ4n) is 2.61. The molecule has 0 unspecified atom stereocenters. The Balaban J connectivity index is 1.81. The van der Waals surface area contributed by atoms with Gasteiger partial charge in [0.15, 0.2) is 5.78 Å². The van der Waals surface area contributed by atoms with E-state index in [2.05, 4.69) is 0 Å². The van der Waals surface area contributed by atoms with Crippen molar-refractivity contribution in [1.29, 1.82) is 0 Å². The van der Waals surface area contributed by atoms with E-state index in [1.807, 2.05) is 66.7 Å². The summed E-state index contributed by atoms with van der Waals surface area (Å²) >= 11 is 0. The molecule has 0 aliphatic carbocycles. The Bertz CT molecular complexity index is 787. The van der Waals surface area contributed by atoms with E-state index in [4.69, 9.17) is 5.73 Å². The molecule has 0 spiro atoms. The number of aryl methyl sites for hydroxylation is 1. The number of rotatable bonds is 4. The molecule has 0 radical (unpaired) electrons. The van der Waals surface area contributed by atoms with Crippen LogP contribution in [0.3, 0.4) is 0 Å². The third-order valence-electron chi connectivity index (χ3n) is 3.68. The molecule has 21 heavy (non-hydrogen) atoms. The van der Waals surface area contributed by atoms with Gasteiger partial charge in [-0.05, 0) is 34.9 Å². The lowest BCUT2D eigenvalue weighted by atomic mass is 9.97. The van der Waals surface area contributed by atoms with Gasteiger partial charge in [-0.15, -0.1) is 0 Å². The van der Waals surface area contributed by atoms with Gasteiger partial charge in [-0.2, -0.15) is 0 Å². The maximum Gasteiger partial charge on any atom is 0.163 e. The minimum atomic E-state index is 0.175. The van der Waals surface area contributed by atoms with Crippen LogP contribution in [0.25, 0.3) is 10.8 Å². The van der Waals surface area contributed by atoms with Crippen molar-refractivity contribution < 1.29 is 4.79 Å². The molecule has 2 N–H and O–H groups in total. The zero-order valence-corrected chi connectivity index (χ0v) is 11.8. The molecule has 2 nitrogen and oxygen atoms in total. The summed E-state index contributed by atoms with van der Waals surface area (Å²) in [6.07, 6.45) is 1.21. The van der Waals surface area contributed by atoms with E-state index in [1.54, 1.807) is 0 Å². The van der Waals surface area contributed by atoms with Crippen molar-refractivity contribution in [2.24, 2.45) is 0 Å². The van der Waals surface area contributed by atoms with Gasteiger partial charge in [0.1, 0.15) is 0 Å². The molecule has 0 aromatic heterocycles. The van der Waals surface area contributed by atoms with Crippen LogP contribution in [-0.2, 0) is 6.42 Å². The Labute approximate surface area is 124 Å². The molecule has 0 saturated carbocycles. The normalized spacial score (nSPS) is 10.7. The number of nitrogens with two attached hydrogens (primary N) is 1. The number of hydrogen-bond acceptors (Lipinski definition) is 2. The van der Waals surface area contributed by atoms with Crippen LogP contribution in [-0.4, -0.2) is 5.78 Å². The van der Waals surface area contributed by atoms with Gasteiger partial charge >= 0.3 is 0 Å². The molecule has 0 bridgehead atoms. The summed E-state index contributed by atoms with van der Waals surface area (Å²) in [7, 11) is 0. The van der Waals surface area contributed by atoms with E-state index in [0.29, 0.717) is 12.8 Å². The molecule has 0 aliphatic rings. The minimum absolute atomic E-state index is 0.175. The number of fused-ring (bicyclic) bond motifs is 1. The molecule has 104 valence electrons. The van der Waals surface area contributed by atoms with Gasteiger partial charge in [-0.25, -0.2) is 0 Å². The first-order valence-electron chi connectivity index (χ1n) is 7.09. The van der Waals surface area contributed by atoms with Crippen LogP contribution in [0.2, 0.25) is 0 Å². The number of Topliss-reactive ketones (excluding diaryl/α,β-unsaturated/α-hetero) is 1. The standard InChI is InChI=1S/C19H17NO/c20-16-8-3-5-14(13-16)11-12-19(21)18-10-4-7-15-6-1-2-9-17(15)18/h1-10,13H,11-12,20H2. The Hall–Kier alpha value is -2.61. The van der Waals surface area contributed by atoms with Crippen molar-refractivity contribution in [3.05, 3.63) is 77.9 Å². The van der Waals surface area contributed by atoms with Crippen molar-refractivity contribution >= 4 is 22.2 Å². The fourth-order valence-corrected chi connectivity index (χ4v) is 2.61. The molecule has 0 amide bonds. The average Bonchev–Trinajstić information content (AvgIpc) is 2.52. The second-order valence-corrected chi connectivity index (χ2v) is 5.19. The highest BCUT2D eigenvalue weighted by Gasteiger charge is 2.09. The van der Waals surface area contributed by atoms with Gasteiger partial charge in [-0.1, -0.05) is 54.6 Å². The number of carbonyl (C=O) groups is 1. The van der Waals surface area contributed by atoms with Crippen LogP contribution in [0, 0.1) is 0 Å². The molecule has 3 aromatic carbocycles. The lowest BCUT2D eigenvalue weighted by molar-refractivity contribution is 0.0984. The van der Waals surface area contributed by atoms with Gasteiger partial charge in [0.25, 0.3) is 0 Å². The first-order valence-corrected chi connectivity index (χ1v) is 7.09. The van der Waals surface area contributed by atoms with E-state index < -0.39 is 0 Å². The van der Waals surface area contributed by atoms with Gasteiger partial charge in [-0.3, -0.25) is 4.79 Å². The summed E-state index contributed by atoms with van der Waals surface area (Å²) in [4.78, 5) is 12.5. The predicted octanol–water partition coefficient (Wildman–Crippen LogP) is 4.24. The van der Waals surface area contributed by atoms with E-state index >= 15 is 0 Å². The zero-order valence-electron chi connectivity index (χ0n) is 11.8. The number of anilines is 1. The van der Waals surface area contributed by atoms with Crippen LogP contribution >= 0.6 is 0 Å². The quantitative estimate of drug-likeness (QED) is 0.571. The Morgan fingerprint density at radius 2 is 1.67 bits per heavy atom. The summed E-state index contributed by atoms with van der Waals surface area (Å²) in [5.41, 5.74) is 8.41. The summed E-state index contributed by atoms with van der Waals surface area (Å²) in [5.74, 6) is 0.175. The molecule has 3 rings (SSSR count). The summed E-state index contributed by atoms with van der Waals surface area (Å²) in [5, 5.41) is 2.13. The third kappa shape index (κ3) is 2.95. The maximum absolute atomic E-state index is 12.5. The predicted molar refractivity (Wildman–Crippen MR) is 87.5 cm³/mol. The molecule has 0 saturated heterocycles. The second kappa shape index (κ2) is 5.80. The monoisotopic (exact) mass is 275 g/mol. The molecule has 3 aromatic rings. The van der Waals surface area contributed by atoms with Crippen LogP contribution in [0.4, 0.5) is 5.69 Å². The Morgan fingerprint density at radius 1 is 0.905 bits per heavy atom.